The molecule has 1 aromatic heterocycles. The number of ether oxygens (including phenoxy) is 1. The third-order valence-electron chi connectivity index (χ3n) is 5.37. The van der Waals surface area contributed by atoms with Gasteiger partial charge in [0.1, 0.15) is 0 Å². The zero-order valence-corrected chi connectivity index (χ0v) is 14.2. The lowest BCUT2D eigenvalue weighted by atomic mass is 10.00. The second-order valence-corrected chi connectivity index (χ2v) is 7.16. The zero-order valence-electron chi connectivity index (χ0n) is 14.2. The number of nitrogens with one attached hydrogen (secondary N) is 1. The first-order chi connectivity index (χ1) is 12.2. The Labute approximate surface area is 146 Å². The van der Waals surface area contributed by atoms with Crippen molar-refractivity contribution in [2.75, 3.05) is 18.7 Å². The lowest BCUT2D eigenvalue weighted by Gasteiger charge is -2.25. The van der Waals surface area contributed by atoms with E-state index in [9.17, 15) is 4.79 Å². The summed E-state index contributed by atoms with van der Waals surface area (Å²) in [6, 6.07) is 4.18. The molecular weight excluding hydrogens is 324 g/mol. The first kappa shape index (κ1) is 16.8. The van der Waals surface area contributed by atoms with Crippen molar-refractivity contribution in [1.82, 2.24) is 4.98 Å². The van der Waals surface area contributed by atoms with E-state index in [2.05, 4.69) is 17.4 Å². The minimum Gasteiger partial charge on any atom is -0.481 e. The lowest BCUT2D eigenvalue weighted by molar-refractivity contribution is -0.331. The fourth-order valence-electron chi connectivity index (χ4n) is 4.01. The van der Waals surface area contributed by atoms with Crippen LogP contribution in [-0.2, 0) is 32.1 Å². The van der Waals surface area contributed by atoms with Gasteiger partial charge in [-0.2, -0.15) is 4.89 Å². The molecule has 1 saturated heterocycles. The Bertz CT molecular complexity index is 644. The van der Waals surface area contributed by atoms with Crippen LogP contribution in [0, 0.1) is 11.8 Å². The Hall–Kier alpha value is -1.70. The molecule has 3 heterocycles. The Morgan fingerprint density at radius 3 is 3.16 bits per heavy atom. The number of aryl methyl sites for hydroxylation is 2. The van der Waals surface area contributed by atoms with E-state index in [0.717, 1.165) is 55.7 Å². The van der Waals surface area contributed by atoms with Gasteiger partial charge in [0.2, 0.25) is 5.79 Å². The fourth-order valence-corrected chi connectivity index (χ4v) is 4.01. The van der Waals surface area contributed by atoms with Crippen molar-refractivity contribution < 1.29 is 24.4 Å². The minimum absolute atomic E-state index is 0.104. The average Bonchev–Trinajstić information content (AvgIpc) is 3.20. The van der Waals surface area contributed by atoms with Gasteiger partial charge in [-0.05, 0) is 50.2 Å². The van der Waals surface area contributed by atoms with Gasteiger partial charge >= 0.3 is 5.97 Å². The van der Waals surface area contributed by atoms with Crippen LogP contribution in [0.4, 0.5) is 5.69 Å². The summed E-state index contributed by atoms with van der Waals surface area (Å²) < 4.78 is 5.74. The number of nitrogens with zero attached hydrogens (tertiary/aromatic N) is 1. The molecule has 1 saturated carbocycles. The third-order valence-corrected chi connectivity index (χ3v) is 5.37. The van der Waals surface area contributed by atoms with E-state index in [1.54, 1.807) is 0 Å². The Morgan fingerprint density at radius 2 is 2.36 bits per heavy atom. The summed E-state index contributed by atoms with van der Waals surface area (Å²) >= 11 is 0. The predicted octanol–water partition coefficient (Wildman–Crippen LogP) is 2.51. The van der Waals surface area contributed by atoms with Gasteiger partial charge in [-0.1, -0.05) is 0 Å². The molecule has 0 aromatic carbocycles. The molecule has 0 spiro atoms. The number of fused-ring (bicyclic) bond motifs is 1. The summed E-state index contributed by atoms with van der Waals surface area (Å²) in [6.45, 7) is 1.13. The second-order valence-electron chi connectivity index (χ2n) is 7.16. The zero-order chi connectivity index (χ0) is 17.3. The first-order valence-corrected chi connectivity index (χ1v) is 9.05. The van der Waals surface area contributed by atoms with Crippen LogP contribution >= 0.6 is 0 Å². The van der Waals surface area contributed by atoms with E-state index in [0.29, 0.717) is 6.42 Å². The number of hydrogen-bond donors (Lipinski definition) is 2. The van der Waals surface area contributed by atoms with E-state index < -0.39 is 11.8 Å². The molecule has 7 nitrogen and oxygen atoms in total. The van der Waals surface area contributed by atoms with Crippen LogP contribution in [0.2, 0.25) is 0 Å². The maximum absolute atomic E-state index is 10.9. The number of aliphatic carboxylic acids is 1. The number of carboxylic acids is 1. The SMILES string of the molecule is O=C(O)CC1CC1C1(CCCc2ccc3c(n2)CCCN3)OCOO1. The molecule has 2 aliphatic heterocycles. The average molecular weight is 348 g/mol. The van der Waals surface area contributed by atoms with Crippen molar-refractivity contribution in [3.63, 3.8) is 0 Å². The molecule has 0 amide bonds. The molecule has 2 fully saturated rings. The van der Waals surface area contributed by atoms with E-state index in [1.807, 2.05) is 0 Å². The highest BCUT2D eigenvalue weighted by Crippen LogP contribution is 2.53. The number of hydrogen-bond acceptors (Lipinski definition) is 6. The molecule has 136 valence electrons. The summed E-state index contributed by atoms with van der Waals surface area (Å²) in [5.74, 6) is -1.33. The van der Waals surface area contributed by atoms with E-state index >= 15 is 0 Å². The lowest BCUT2D eigenvalue weighted by Crippen LogP contribution is -2.34. The van der Waals surface area contributed by atoms with Crippen LogP contribution in [-0.4, -0.2) is 35.2 Å². The van der Waals surface area contributed by atoms with E-state index in [1.165, 1.54) is 0 Å². The summed E-state index contributed by atoms with van der Waals surface area (Å²) in [4.78, 5) is 26.1. The highest BCUT2D eigenvalue weighted by atomic mass is 17.3. The second kappa shape index (κ2) is 6.90. The van der Waals surface area contributed by atoms with Crippen LogP contribution in [0.25, 0.3) is 0 Å². The van der Waals surface area contributed by atoms with Crippen molar-refractivity contribution >= 4 is 11.7 Å². The highest BCUT2D eigenvalue weighted by molar-refractivity contribution is 5.67. The topological polar surface area (TPSA) is 89.9 Å². The van der Waals surface area contributed by atoms with Crippen molar-refractivity contribution in [3.05, 3.63) is 23.5 Å². The number of carbonyl (C=O) groups is 1. The largest absolute Gasteiger partial charge is 0.481 e. The minimum atomic E-state index is -0.782. The van der Waals surface area contributed by atoms with Gasteiger partial charge in [-0.3, -0.25) is 9.78 Å². The predicted molar refractivity (Wildman–Crippen MR) is 88.7 cm³/mol. The van der Waals surface area contributed by atoms with Crippen molar-refractivity contribution in [3.8, 4) is 0 Å². The smallest absolute Gasteiger partial charge is 0.303 e. The maximum atomic E-state index is 10.9. The fraction of sp³-hybridized carbons (Fsp3) is 0.667. The van der Waals surface area contributed by atoms with E-state index in [4.69, 9.17) is 24.6 Å². The molecule has 7 heteroatoms. The van der Waals surface area contributed by atoms with Gasteiger partial charge < -0.3 is 15.2 Å². The van der Waals surface area contributed by atoms with Crippen LogP contribution in [0.5, 0.6) is 0 Å². The molecule has 3 unspecified atom stereocenters. The standard InChI is InChI=1S/C18H24N2O5/c21-17(22)10-12-9-14(12)18(23-11-24-25-18)7-1-3-13-5-6-15-16(20-13)4-2-8-19-15/h5-6,12,14,19H,1-4,7-11H2,(H,21,22). The third kappa shape index (κ3) is 3.63. The Morgan fingerprint density at radius 1 is 1.44 bits per heavy atom. The van der Waals surface area contributed by atoms with Crippen LogP contribution in [0.15, 0.2) is 12.1 Å². The molecular formula is C18H24N2O5. The van der Waals surface area contributed by atoms with Crippen LogP contribution < -0.4 is 5.32 Å². The van der Waals surface area contributed by atoms with Crippen molar-refractivity contribution in [2.45, 2.75) is 50.7 Å². The number of rotatable bonds is 7. The molecule has 2 N–H and O–H groups in total. The Balaban J connectivity index is 1.34. The maximum Gasteiger partial charge on any atom is 0.303 e. The van der Waals surface area contributed by atoms with Gasteiger partial charge in [-0.15, -0.1) is 0 Å². The molecule has 25 heavy (non-hydrogen) atoms. The molecule has 1 aliphatic carbocycles. The normalized spacial score (nSPS) is 30.6. The number of carboxylic acid groups (broad SMARTS) is 1. The number of aromatic nitrogens is 1. The summed E-state index contributed by atoms with van der Waals surface area (Å²) in [7, 11) is 0. The van der Waals surface area contributed by atoms with Gasteiger partial charge in [-0.25, -0.2) is 4.89 Å². The highest BCUT2D eigenvalue weighted by Gasteiger charge is 2.57. The molecule has 0 bridgehead atoms. The molecule has 1 aromatic rings. The van der Waals surface area contributed by atoms with Gasteiger partial charge in [0, 0.05) is 31.0 Å². The first-order valence-electron chi connectivity index (χ1n) is 9.05. The van der Waals surface area contributed by atoms with Crippen LogP contribution in [0.3, 0.4) is 0 Å². The summed E-state index contributed by atoms with van der Waals surface area (Å²) in [5.41, 5.74) is 3.38. The quantitative estimate of drug-likeness (QED) is 0.732. The van der Waals surface area contributed by atoms with Gasteiger partial charge in [0.05, 0.1) is 11.4 Å². The van der Waals surface area contributed by atoms with Crippen molar-refractivity contribution in [1.29, 1.82) is 0 Å². The van der Waals surface area contributed by atoms with E-state index in [-0.39, 0.29) is 25.0 Å². The molecule has 0 radical (unpaired) electrons. The van der Waals surface area contributed by atoms with Crippen LogP contribution in [0.1, 0.15) is 43.5 Å². The summed E-state index contributed by atoms with van der Waals surface area (Å²) in [6.07, 6.45) is 5.52. The van der Waals surface area contributed by atoms with Gasteiger partial charge in [0.15, 0.2) is 6.79 Å². The number of pyridine rings is 1. The number of anilines is 1. The monoisotopic (exact) mass is 348 g/mol. The molecule has 4 rings (SSSR count). The Kier molecular flexibility index (Phi) is 4.62. The summed E-state index contributed by atoms with van der Waals surface area (Å²) in [5, 5.41) is 12.3. The molecule has 3 aliphatic rings. The molecule has 3 atom stereocenters. The van der Waals surface area contributed by atoms with Crippen molar-refractivity contribution in [2.24, 2.45) is 11.8 Å². The van der Waals surface area contributed by atoms with Gasteiger partial charge in [0.25, 0.3) is 0 Å².